The molecule has 0 saturated heterocycles. The molecular formula is C15H18N2O2. The monoisotopic (exact) mass is 258 g/mol. The number of carbonyl (C=O) groups is 1. The lowest BCUT2D eigenvalue weighted by molar-refractivity contribution is 0.0684. The zero-order chi connectivity index (χ0) is 14.2. The smallest absolute Gasteiger partial charge is 0.354 e. The summed E-state index contributed by atoms with van der Waals surface area (Å²) < 4.78 is 1.76. The summed E-state index contributed by atoms with van der Waals surface area (Å²) in [5.41, 5.74) is 4.30. The molecule has 2 aromatic rings. The molecule has 19 heavy (non-hydrogen) atoms. The van der Waals surface area contributed by atoms with Gasteiger partial charge in [0.05, 0.1) is 5.69 Å². The predicted octanol–water partition coefficient (Wildman–Crippen LogP) is 2.86. The highest BCUT2D eigenvalue weighted by Gasteiger charge is 2.18. The highest BCUT2D eigenvalue weighted by atomic mass is 16.4. The lowest BCUT2D eigenvalue weighted by Gasteiger charge is -2.11. The maximum absolute atomic E-state index is 11.3. The molecule has 0 aliphatic heterocycles. The zero-order valence-electron chi connectivity index (χ0n) is 11.7. The summed E-state index contributed by atoms with van der Waals surface area (Å²) >= 11 is 0. The zero-order valence-corrected chi connectivity index (χ0v) is 11.7. The van der Waals surface area contributed by atoms with Crippen LogP contribution in [-0.4, -0.2) is 20.6 Å². The van der Waals surface area contributed by atoms with Crippen LogP contribution in [0.5, 0.6) is 0 Å². The Bertz CT molecular complexity index is 642. The summed E-state index contributed by atoms with van der Waals surface area (Å²) in [5.74, 6) is -0.195. The van der Waals surface area contributed by atoms with Gasteiger partial charge in [-0.3, -0.25) is 0 Å². The van der Waals surface area contributed by atoms with E-state index in [1.54, 1.807) is 11.5 Å². The summed E-state index contributed by atoms with van der Waals surface area (Å²) in [5, 5.41) is 9.30. The molecule has 0 aliphatic rings. The molecule has 0 amide bonds. The van der Waals surface area contributed by atoms with Crippen molar-refractivity contribution in [2.24, 2.45) is 0 Å². The van der Waals surface area contributed by atoms with Crippen molar-refractivity contribution in [3.63, 3.8) is 0 Å². The number of rotatable bonds is 3. The van der Waals surface area contributed by atoms with Crippen molar-refractivity contribution in [1.82, 2.24) is 9.55 Å². The van der Waals surface area contributed by atoms with Crippen LogP contribution in [0.3, 0.4) is 0 Å². The molecule has 1 aromatic carbocycles. The van der Waals surface area contributed by atoms with Crippen molar-refractivity contribution in [3.05, 3.63) is 52.1 Å². The molecule has 4 nitrogen and oxygen atoms in total. The van der Waals surface area contributed by atoms with Gasteiger partial charge in [0.15, 0.2) is 5.69 Å². The highest BCUT2D eigenvalue weighted by Crippen LogP contribution is 2.17. The van der Waals surface area contributed by atoms with Crippen molar-refractivity contribution in [2.45, 2.75) is 34.2 Å². The summed E-state index contributed by atoms with van der Waals surface area (Å²) in [6.45, 7) is 8.18. The van der Waals surface area contributed by atoms with Gasteiger partial charge in [0.2, 0.25) is 0 Å². The minimum atomic E-state index is -0.927. The lowest BCUT2D eigenvalue weighted by atomic mass is 10.1. The Morgan fingerprint density at radius 1 is 1.26 bits per heavy atom. The van der Waals surface area contributed by atoms with Crippen molar-refractivity contribution >= 4 is 5.97 Å². The summed E-state index contributed by atoms with van der Waals surface area (Å²) in [6, 6.07) is 6.21. The Morgan fingerprint density at radius 2 is 1.95 bits per heavy atom. The molecular weight excluding hydrogens is 240 g/mol. The summed E-state index contributed by atoms with van der Waals surface area (Å²) in [7, 11) is 0. The Hall–Kier alpha value is -2.10. The molecule has 0 saturated carbocycles. The second-order valence-corrected chi connectivity index (χ2v) is 4.91. The third kappa shape index (κ3) is 2.52. The van der Waals surface area contributed by atoms with Gasteiger partial charge in [-0.15, -0.1) is 0 Å². The average molecular weight is 258 g/mol. The number of carboxylic acid groups (broad SMARTS) is 1. The molecule has 1 aromatic heterocycles. The molecule has 4 heteroatoms. The van der Waals surface area contributed by atoms with Crippen LogP contribution in [-0.2, 0) is 6.54 Å². The van der Waals surface area contributed by atoms with E-state index in [9.17, 15) is 9.90 Å². The normalized spacial score (nSPS) is 10.7. The molecule has 1 N–H and O–H groups in total. The second kappa shape index (κ2) is 4.88. The largest absolute Gasteiger partial charge is 0.477 e. The second-order valence-electron chi connectivity index (χ2n) is 4.91. The van der Waals surface area contributed by atoms with E-state index in [1.165, 1.54) is 5.56 Å². The van der Waals surface area contributed by atoms with Crippen LogP contribution in [0, 0.1) is 27.7 Å². The number of hydrogen-bond acceptors (Lipinski definition) is 2. The van der Waals surface area contributed by atoms with E-state index in [0.29, 0.717) is 12.2 Å². The molecule has 0 spiro atoms. The number of aromatic carboxylic acids is 1. The summed E-state index contributed by atoms with van der Waals surface area (Å²) in [6.07, 6.45) is 0. The number of nitrogens with zero attached hydrogens (tertiary/aromatic N) is 2. The van der Waals surface area contributed by atoms with E-state index in [4.69, 9.17) is 0 Å². The molecule has 0 radical (unpaired) electrons. The van der Waals surface area contributed by atoms with Gasteiger partial charge in [0.1, 0.15) is 5.82 Å². The number of benzene rings is 1. The summed E-state index contributed by atoms with van der Waals surface area (Å²) in [4.78, 5) is 15.6. The Balaban J connectivity index is 2.49. The van der Waals surface area contributed by atoms with E-state index in [0.717, 1.165) is 17.0 Å². The quantitative estimate of drug-likeness (QED) is 0.921. The first kappa shape index (κ1) is 13.3. The Morgan fingerprint density at radius 3 is 2.58 bits per heavy atom. The van der Waals surface area contributed by atoms with E-state index in [1.807, 2.05) is 20.8 Å². The van der Waals surface area contributed by atoms with Gasteiger partial charge >= 0.3 is 5.97 Å². The van der Waals surface area contributed by atoms with Crippen LogP contribution in [0.15, 0.2) is 18.2 Å². The van der Waals surface area contributed by atoms with Crippen LogP contribution >= 0.6 is 0 Å². The van der Waals surface area contributed by atoms with Gasteiger partial charge in [0, 0.05) is 6.54 Å². The SMILES string of the molecule is Cc1ccc(C)c(Cn2c(C)nc(C)c2C(=O)O)c1. The number of carboxylic acids is 1. The third-order valence-electron chi connectivity index (χ3n) is 3.37. The fraction of sp³-hybridized carbons (Fsp3) is 0.333. The van der Waals surface area contributed by atoms with Crippen molar-refractivity contribution in [1.29, 1.82) is 0 Å². The fourth-order valence-corrected chi connectivity index (χ4v) is 2.32. The van der Waals surface area contributed by atoms with Crippen LogP contribution < -0.4 is 0 Å². The maximum Gasteiger partial charge on any atom is 0.354 e. The Labute approximate surface area is 112 Å². The van der Waals surface area contributed by atoms with Gasteiger partial charge in [-0.1, -0.05) is 23.8 Å². The molecule has 0 aliphatic carbocycles. The fourth-order valence-electron chi connectivity index (χ4n) is 2.32. The average Bonchev–Trinajstić information content (AvgIpc) is 2.59. The first-order valence-electron chi connectivity index (χ1n) is 6.23. The molecule has 0 fully saturated rings. The minimum Gasteiger partial charge on any atom is -0.477 e. The number of imidazole rings is 1. The van der Waals surface area contributed by atoms with E-state index >= 15 is 0 Å². The van der Waals surface area contributed by atoms with Crippen LogP contribution in [0.2, 0.25) is 0 Å². The van der Waals surface area contributed by atoms with Gasteiger partial charge in [-0.05, 0) is 38.8 Å². The standard InChI is InChI=1S/C15H18N2O2/c1-9-5-6-10(2)13(7-9)8-17-12(4)16-11(3)14(17)15(18)19/h5-7H,8H2,1-4H3,(H,18,19). The van der Waals surface area contributed by atoms with E-state index in [-0.39, 0.29) is 5.69 Å². The predicted molar refractivity (Wildman–Crippen MR) is 73.7 cm³/mol. The number of aromatic nitrogens is 2. The highest BCUT2D eigenvalue weighted by molar-refractivity contribution is 5.87. The lowest BCUT2D eigenvalue weighted by Crippen LogP contribution is -2.12. The van der Waals surface area contributed by atoms with Crippen LogP contribution in [0.1, 0.15) is 38.7 Å². The van der Waals surface area contributed by atoms with Crippen molar-refractivity contribution in [3.8, 4) is 0 Å². The third-order valence-corrected chi connectivity index (χ3v) is 3.37. The van der Waals surface area contributed by atoms with E-state index in [2.05, 4.69) is 23.2 Å². The molecule has 0 atom stereocenters. The van der Waals surface area contributed by atoms with Crippen molar-refractivity contribution < 1.29 is 9.90 Å². The minimum absolute atomic E-state index is 0.276. The first-order valence-corrected chi connectivity index (χ1v) is 6.23. The molecule has 0 bridgehead atoms. The molecule has 0 unspecified atom stereocenters. The van der Waals surface area contributed by atoms with E-state index < -0.39 is 5.97 Å². The maximum atomic E-state index is 11.3. The Kier molecular flexibility index (Phi) is 3.42. The van der Waals surface area contributed by atoms with Gasteiger partial charge in [0.25, 0.3) is 0 Å². The number of aryl methyl sites for hydroxylation is 4. The molecule has 1 heterocycles. The van der Waals surface area contributed by atoms with Crippen molar-refractivity contribution in [2.75, 3.05) is 0 Å². The topological polar surface area (TPSA) is 55.1 Å². The van der Waals surface area contributed by atoms with Crippen LogP contribution in [0.25, 0.3) is 0 Å². The van der Waals surface area contributed by atoms with Gasteiger partial charge in [-0.2, -0.15) is 0 Å². The van der Waals surface area contributed by atoms with Crippen LogP contribution in [0.4, 0.5) is 0 Å². The molecule has 2 rings (SSSR count). The van der Waals surface area contributed by atoms with Gasteiger partial charge in [-0.25, -0.2) is 9.78 Å². The molecule has 100 valence electrons. The van der Waals surface area contributed by atoms with Gasteiger partial charge < -0.3 is 9.67 Å². The number of hydrogen-bond donors (Lipinski definition) is 1. The first-order chi connectivity index (χ1) is 8.90.